The van der Waals surface area contributed by atoms with Crippen LogP contribution in [-0.4, -0.2) is 20.3 Å². The molecule has 5 nitrogen and oxygen atoms in total. The molecule has 1 atom stereocenters. The molecule has 1 aliphatic carbocycles. The molecule has 4 rings (SSSR count). The molecule has 0 spiro atoms. The number of carbonyl (C=O) groups is 1. The van der Waals surface area contributed by atoms with E-state index in [4.69, 9.17) is 0 Å². The quantitative estimate of drug-likeness (QED) is 0.790. The largest absolute Gasteiger partial charge is 0.344 e. The molecule has 0 saturated heterocycles. The van der Waals surface area contributed by atoms with Crippen LogP contribution in [0.4, 0.5) is 0 Å². The maximum absolute atomic E-state index is 12.8. The lowest BCUT2D eigenvalue weighted by atomic mass is 9.95. The van der Waals surface area contributed by atoms with Gasteiger partial charge in [-0.2, -0.15) is 0 Å². The molecule has 24 heavy (non-hydrogen) atoms. The van der Waals surface area contributed by atoms with Crippen molar-refractivity contribution in [1.29, 1.82) is 0 Å². The van der Waals surface area contributed by atoms with E-state index in [9.17, 15) is 4.79 Å². The smallest absolute Gasteiger partial charge is 0.252 e. The molecule has 0 unspecified atom stereocenters. The Morgan fingerprint density at radius 2 is 2.29 bits per heavy atom. The Bertz CT molecular complexity index is 849. The highest BCUT2D eigenvalue weighted by atomic mass is 32.1. The lowest BCUT2D eigenvalue weighted by molar-refractivity contribution is 0.0934. The topological polar surface area (TPSA) is 59.3 Å². The fraction of sp³-hybridized carbons (Fsp3) is 0.389. The number of hydrogen-bond donors (Lipinski definition) is 1. The van der Waals surface area contributed by atoms with Crippen LogP contribution in [0.3, 0.4) is 0 Å². The molecule has 0 radical (unpaired) electrons. The third-order valence-electron chi connectivity index (χ3n) is 4.63. The first-order valence-electron chi connectivity index (χ1n) is 8.46. The first kappa shape index (κ1) is 15.3. The van der Waals surface area contributed by atoms with Gasteiger partial charge in [-0.3, -0.25) is 9.20 Å². The van der Waals surface area contributed by atoms with Crippen LogP contribution < -0.4 is 5.32 Å². The van der Waals surface area contributed by atoms with Crippen molar-refractivity contribution < 1.29 is 4.79 Å². The van der Waals surface area contributed by atoms with Gasteiger partial charge in [0, 0.05) is 28.8 Å². The summed E-state index contributed by atoms with van der Waals surface area (Å²) in [7, 11) is 0. The van der Waals surface area contributed by atoms with E-state index in [2.05, 4.69) is 22.2 Å². The summed E-state index contributed by atoms with van der Waals surface area (Å²) in [6.45, 7) is 2.06. The number of imidazole rings is 1. The maximum Gasteiger partial charge on any atom is 0.252 e. The Balaban J connectivity index is 1.58. The van der Waals surface area contributed by atoms with Crippen LogP contribution in [0.5, 0.6) is 0 Å². The van der Waals surface area contributed by atoms with Gasteiger partial charge in [-0.25, -0.2) is 9.97 Å². The third-order valence-corrected chi connectivity index (χ3v) is 5.72. The first-order chi connectivity index (χ1) is 11.8. The highest BCUT2D eigenvalue weighted by Gasteiger charge is 2.23. The van der Waals surface area contributed by atoms with Gasteiger partial charge >= 0.3 is 0 Å². The zero-order valence-electron chi connectivity index (χ0n) is 13.7. The number of carbonyl (C=O) groups excluding carboxylic acids is 1. The van der Waals surface area contributed by atoms with Crippen LogP contribution in [-0.2, 0) is 12.8 Å². The van der Waals surface area contributed by atoms with Crippen LogP contribution in [0.1, 0.15) is 58.7 Å². The summed E-state index contributed by atoms with van der Waals surface area (Å²) < 4.78 is 1.89. The highest BCUT2D eigenvalue weighted by Crippen LogP contribution is 2.30. The lowest BCUT2D eigenvalue weighted by Crippen LogP contribution is -2.29. The van der Waals surface area contributed by atoms with Crippen molar-refractivity contribution in [3.05, 3.63) is 51.7 Å². The van der Waals surface area contributed by atoms with Crippen LogP contribution in [0.25, 0.3) is 5.78 Å². The van der Waals surface area contributed by atoms with Crippen molar-refractivity contribution in [3.63, 3.8) is 0 Å². The van der Waals surface area contributed by atoms with Crippen LogP contribution in [0.15, 0.2) is 30.0 Å². The number of nitrogens with zero attached hydrogens (tertiary/aromatic N) is 3. The normalized spacial score (nSPS) is 15.2. The van der Waals surface area contributed by atoms with E-state index in [0.717, 1.165) is 30.5 Å². The standard InChI is InChI=1S/C18H20N4OS/c1-2-14(15-10-22-9-5-8-19-18(22)21-15)20-17(23)13-11-24-16-7-4-3-6-12(13)16/h5,8-11,14H,2-4,6-7H2,1H3,(H,20,23)/t14-/m1/s1. The van der Waals surface area contributed by atoms with Gasteiger partial charge in [0.15, 0.2) is 0 Å². The Labute approximate surface area is 144 Å². The van der Waals surface area contributed by atoms with Crippen LogP contribution in [0, 0.1) is 0 Å². The zero-order chi connectivity index (χ0) is 16.5. The second-order valence-electron chi connectivity index (χ2n) is 6.19. The molecule has 0 aliphatic heterocycles. The van der Waals surface area contributed by atoms with Gasteiger partial charge in [-0.1, -0.05) is 6.92 Å². The number of hydrogen-bond acceptors (Lipinski definition) is 4. The Morgan fingerprint density at radius 1 is 1.42 bits per heavy atom. The number of rotatable bonds is 4. The molecule has 0 fully saturated rings. The minimum absolute atomic E-state index is 0.0197. The average Bonchev–Trinajstić information content (AvgIpc) is 3.23. The van der Waals surface area contributed by atoms with E-state index < -0.39 is 0 Å². The van der Waals surface area contributed by atoms with Crippen molar-refractivity contribution in [3.8, 4) is 0 Å². The van der Waals surface area contributed by atoms with E-state index in [1.807, 2.05) is 28.2 Å². The minimum Gasteiger partial charge on any atom is -0.344 e. The van der Waals surface area contributed by atoms with Gasteiger partial charge in [0.2, 0.25) is 5.78 Å². The Hall–Kier alpha value is -2.21. The van der Waals surface area contributed by atoms with Crippen molar-refractivity contribution in [2.45, 2.75) is 45.1 Å². The van der Waals surface area contributed by atoms with Gasteiger partial charge in [-0.05, 0) is 43.7 Å². The monoisotopic (exact) mass is 340 g/mol. The second-order valence-corrected chi connectivity index (χ2v) is 7.15. The summed E-state index contributed by atoms with van der Waals surface area (Å²) >= 11 is 1.72. The van der Waals surface area contributed by atoms with Gasteiger partial charge < -0.3 is 5.32 Å². The summed E-state index contributed by atoms with van der Waals surface area (Å²) in [5.74, 6) is 0.680. The second kappa shape index (κ2) is 6.36. The van der Waals surface area contributed by atoms with Crippen molar-refractivity contribution in [1.82, 2.24) is 19.7 Å². The molecule has 1 amide bonds. The van der Waals surface area contributed by atoms with Gasteiger partial charge in [0.1, 0.15) is 0 Å². The molecule has 0 saturated carbocycles. The predicted octanol–water partition coefficient (Wildman–Crippen LogP) is 3.55. The van der Waals surface area contributed by atoms with Crippen molar-refractivity contribution in [2.24, 2.45) is 0 Å². The van der Waals surface area contributed by atoms with Crippen molar-refractivity contribution >= 4 is 23.0 Å². The molecule has 1 N–H and O–H groups in total. The number of fused-ring (bicyclic) bond motifs is 2. The van der Waals surface area contributed by atoms with Gasteiger partial charge in [-0.15, -0.1) is 11.3 Å². The SMILES string of the molecule is CC[C@@H](NC(=O)c1csc2c1CCCC2)c1cn2cccnc2n1. The van der Waals surface area contributed by atoms with Crippen LogP contribution in [0.2, 0.25) is 0 Å². The fourth-order valence-electron chi connectivity index (χ4n) is 3.32. The maximum atomic E-state index is 12.8. The van der Waals surface area contributed by atoms with E-state index >= 15 is 0 Å². The van der Waals surface area contributed by atoms with E-state index in [0.29, 0.717) is 5.78 Å². The molecule has 124 valence electrons. The number of aromatic nitrogens is 3. The summed E-state index contributed by atoms with van der Waals surface area (Å²) in [6.07, 6.45) is 10.9. The molecule has 3 heterocycles. The molecule has 3 aromatic heterocycles. The molecule has 3 aromatic rings. The zero-order valence-corrected chi connectivity index (χ0v) is 14.5. The molecule has 6 heteroatoms. The summed E-state index contributed by atoms with van der Waals surface area (Å²) in [5, 5.41) is 5.18. The molecular weight excluding hydrogens is 320 g/mol. The third kappa shape index (κ3) is 2.71. The first-order valence-corrected chi connectivity index (χ1v) is 9.34. The highest BCUT2D eigenvalue weighted by molar-refractivity contribution is 7.10. The molecule has 0 bridgehead atoms. The van der Waals surface area contributed by atoms with Crippen molar-refractivity contribution in [2.75, 3.05) is 0 Å². The number of thiophene rings is 1. The number of amides is 1. The molecular formula is C18H20N4OS. The number of nitrogens with one attached hydrogen (secondary N) is 1. The predicted molar refractivity (Wildman–Crippen MR) is 94.4 cm³/mol. The lowest BCUT2D eigenvalue weighted by Gasteiger charge is -2.16. The van der Waals surface area contributed by atoms with E-state index in [-0.39, 0.29) is 11.9 Å². The van der Waals surface area contributed by atoms with Crippen LogP contribution >= 0.6 is 11.3 Å². The summed E-state index contributed by atoms with van der Waals surface area (Å²) in [4.78, 5) is 23.0. The molecule has 1 aliphatic rings. The number of aryl methyl sites for hydroxylation is 1. The average molecular weight is 340 g/mol. The molecule has 0 aromatic carbocycles. The Kier molecular flexibility index (Phi) is 4.06. The van der Waals surface area contributed by atoms with E-state index in [1.165, 1.54) is 23.3 Å². The van der Waals surface area contributed by atoms with Gasteiger partial charge in [0.05, 0.1) is 17.3 Å². The minimum atomic E-state index is -0.0988. The Morgan fingerprint density at radius 3 is 3.12 bits per heavy atom. The van der Waals surface area contributed by atoms with Gasteiger partial charge in [0.25, 0.3) is 5.91 Å². The summed E-state index contributed by atoms with van der Waals surface area (Å²) in [6, 6.07) is 1.77. The fourth-order valence-corrected chi connectivity index (χ4v) is 4.45. The van der Waals surface area contributed by atoms with E-state index in [1.54, 1.807) is 17.5 Å². The summed E-state index contributed by atoms with van der Waals surface area (Å²) in [5.41, 5.74) is 2.97.